The Morgan fingerprint density at radius 1 is 1.45 bits per heavy atom. The van der Waals surface area contributed by atoms with E-state index < -0.39 is 0 Å². The van der Waals surface area contributed by atoms with Gasteiger partial charge in [-0.15, -0.1) is 0 Å². The number of amides is 1. The topological polar surface area (TPSA) is 82.9 Å². The molecule has 1 aromatic heterocycles. The summed E-state index contributed by atoms with van der Waals surface area (Å²) in [5.74, 6) is 0.0475. The molecule has 0 spiro atoms. The van der Waals surface area contributed by atoms with Crippen LogP contribution in [0.1, 0.15) is 23.2 Å². The van der Waals surface area contributed by atoms with Crippen molar-refractivity contribution in [1.29, 1.82) is 0 Å². The Balaban J connectivity index is 1.80. The van der Waals surface area contributed by atoms with E-state index in [9.17, 15) is 15.0 Å². The summed E-state index contributed by atoms with van der Waals surface area (Å²) in [5.41, 5.74) is 0.387. The molecular formula is C14H18N2O4. The zero-order valence-electron chi connectivity index (χ0n) is 11.1. The molecule has 1 aliphatic carbocycles. The molecule has 0 aromatic carbocycles. The molecule has 1 aliphatic heterocycles. The van der Waals surface area contributed by atoms with Crippen molar-refractivity contribution in [1.82, 2.24) is 9.88 Å². The molecule has 1 saturated carbocycles. The zero-order valence-corrected chi connectivity index (χ0v) is 11.1. The second kappa shape index (κ2) is 5.38. The first-order chi connectivity index (χ1) is 9.69. The number of aromatic hydroxyl groups is 1. The van der Waals surface area contributed by atoms with Gasteiger partial charge in [0.05, 0.1) is 30.5 Å². The third-order valence-electron chi connectivity index (χ3n) is 4.12. The summed E-state index contributed by atoms with van der Waals surface area (Å²) >= 11 is 0. The second-order valence-corrected chi connectivity index (χ2v) is 5.43. The highest BCUT2D eigenvalue weighted by atomic mass is 16.5. The molecule has 1 amide bonds. The van der Waals surface area contributed by atoms with Gasteiger partial charge < -0.3 is 19.8 Å². The van der Waals surface area contributed by atoms with Crippen LogP contribution < -0.4 is 0 Å². The Morgan fingerprint density at radius 3 is 3.05 bits per heavy atom. The van der Waals surface area contributed by atoms with E-state index in [0.29, 0.717) is 18.7 Å². The average Bonchev–Trinajstić information content (AvgIpc) is 2.89. The van der Waals surface area contributed by atoms with Gasteiger partial charge in [-0.3, -0.25) is 9.78 Å². The summed E-state index contributed by atoms with van der Waals surface area (Å²) in [6, 6.07) is 1.44. The number of fused-ring (bicyclic) bond motifs is 1. The molecule has 1 saturated heterocycles. The summed E-state index contributed by atoms with van der Waals surface area (Å²) in [6.45, 7) is 1.18. The van der Waals surface area contributed by atoms with Crippen LogP contribution >= 0.6 is 0 Å². The number of pyridine rings is 1. The van der Waals surface area contributed by atoms with Crippen molar-refractivity contribution in [3.8, 4) is 5.75 Å². The van der Waals surface area contributed by atoms with Gasteiger partial charge in [-0.1, -0.05) is 0 Å². The molecule has 6 nitrogen and oxygen atoms in total. The minimum Gasteiger partial charge on any atom is -0.506 e. The highest BCUT2D eigenvalue weighted by Crippen LogP contribution is 2.34. The Morgan fingerprint density at radius 2 is 2.30 bits per heavy atom. The highest BCUT2D eigenvalue weighted by molar-refractivity contribution is 5.94. The first-order valence-corrected chi connectivity index (χ1v) is 6.86. The first-order valence-electron chi connectivity index (χ1n) is 6.86. The first kappa shape index (κ1) is 13.3. The van der Waals surface area contributed by atoms with Gasteiger partial charge in [-0.25, -0.2) is 0 Å². The summed E-state index contributed by atoms with van der Waals surface area (Å²) in [7, 11) is 0. The van der Waals surface area contributed by atoms with Crippen LogP contribution in [-0.2, 0) is 4.74 Å². The van der Waals surface area contributed by atoms with Crippen molar-refractivity contribution in [2.75, 3.05) is 19.8 Å². The number of carbonyl (C=O) groups is 1. The number of aliphatic hydroxyl groups excluding tert-OH is 1. The van der Waals surface area contributed by atoms with Gasteiger partial charge in [0, 0.05) is 19.3 Å². The van der Waals surface area contributed by atoms with Crippen molar-refractivity contribution >= 4 is 5.91 Å². The smallest absolute Gasteiger partial charge is 0.255 e. The third-order valence-corrected chi connectivity index (χ3v) is 4.12. The van der Waals surface area contributed by atoms with E-state index in [-0.39, 0.29) is 36.3 Å². The van der Waals surface area contributed by atoms with Crippen molar-refractivity contribution in [3.63, 3.8) is 0 Å². The molecule has 2 aliphatic rings. The lowest BCUT2D eigenvalue weighted by molar-refractivity contribution is -0.0449. The second-order valence-electron chi connectivity index (χ2n) is 5.43. The number of aliphatic hydroxyl groups is 1. The van der Waals surface area contributed by atoms with Gasteiger partial charge >= 0.3 is 0 Å². The number of carbonyl (C=O) groups excluding carboxylic acids is 1. The van der Waals surface area contributed by atoms with E-state index in [0.717, 1.165) is 12.8 Å². The SMILES string of the molecule is O=C(c1cncc(O)c1)N1CCOC2C[C@H](CO)C[C@@H]21. The van der Waals surface area contributed by atoms with E-state index in [2.05, 4.69) is 4.98 Å². The average molecular weight is 278 g/mol. The Labute approximate surface area is 117 Å². The third kappa shape index (κ3) is 2.36. The summed E-state index contributed by atoms with van der Waals surface area (Å²) in [4.78, 5) is 18.2. The molecule has 3 atom stereocenters. The maximum Gasteiger partial charge on any atom is 0.255 e. The summed E-state index contributed by atoms with van der Waals surface area (Å²) in [5, 5.41) is 18.7. The Bertz CT molecular complexity index is 508. The van der Waals surface area contributed by atoms with Crippen molar-refractivity contribution < 1.29 is 19.7 Å². The standard InChI is InChI=1S/C14H18N2O4/c17-8-9-3-12-13(4-9)20-2-1-16(12)14(19)10-5-11(18)7-15-6-10/h5-7,9,12-13,17-18H,1-4,8H2/t9-,12+,13?/m1/s1. The van der Waals surface area contributed by atoms with Gasteiger partial charge in [0.2, 0.25) is 0 Å². The Hall–Kier alpha value is -1.66. The lowest BCUT2D eigenvalue weighted by Gasteiger charge is -2.37. The molecule has 108 valence electrons. The van der Waals surface area contributed by atoms with E-state index in [4.69, 9.17) is 4.74 Å². The molecular weight excluding hydrogens is 260 g/mol. The fourth-order valence-corrected chi connectivity index (χ4v) is 3.16. The predicted molar refractivity (Wildman–Crippen MR) is 70.3 cm³/mol. The lowest BCUT2D eigenvalue weighted by Crippen LogP contribution is -2.51. The quantitative estimate of drug-likeness (QED) is 0.818. The zero-order chi connectivity index (χ0) is 14.1. The molecule has 1 unspecified atom stereocenters. The fraction of sp³-hybridized carbons (Fsp3) is 0.571. The lowest BCUT2D eigenvalue weighted by atomic mass is 10.1. The largest absolute Gasteiger partial charge is 0.506 e. The molecule has 2 N–H and O–H groups in total. The highest BCUT2D eigenvalue weighted by Gasteiger charge is 2.42. The molecule has 6 heteroatoms. The van der Waals surface area contributed by atoms with Gasteiger partial charge in [0.15, 0.2) is 0 Å². The van der Waals surface area contributed by atoms with Crippen LogP contribution in [0, 0.1) is 5.92 Å². The normalized spacial score (nSPS) is 29.2. The van der Waals surface area contributed by atoms with Crippen molar-refractivity contribution in [3.05, 3.63) is 24.0 Å². The Kier molecular flexibility index (Phi) is 3.58. The number of rotatable bonds is 2. The van der Waals surface area contributed by atoms with E-state index in [1.54, 1.807) is 4.90 Å². The van der Waals surface area contributed by atoms with Gasteiger partial charge in [0.25, 0.3) is 5.91 Å². The molecule has 2 fully saturated rings. The summed E-state index contributed by atoms with van der Waals surface area (Å²) in [6.07, 6.45) is 4.33. The van der Waals surface area contributed by atoms with Gasteiger partial charge in [0.1, 0.15) is 5.75 Å². The van der Waals surface area contributed by atoms with E-state index in [1.807, 2.05) is 0 Å². The minimum atomic E-state index is -0.134. The van der Waals surface area contributed by atoms with Crippen molar-refractivity contribution in [2.24, 2.45) is 5.92 Å². The van der Waals surface area contributed by atoms with Crippen LogP contribution in [-0.4, -0.2) is 57.9 Å². The van der Waals surface area contributed by atoms with Gasteiger partial charge in [-0.05, 0) is 24.8 Å². The number of hydrogen-bond donors (Lipinski definition) is 2. The van der Waals surface area contributed by atoms with Crippen LogP contribution in [0.3, 0.4) is 0 Å². The maximum atomic E-state index is 12.5. The number of nitrogens with zero attached hydrogens (tertiary/aromatic N) is 2. The molecule has 2 heterocycles. The van der Waals surface area contributed by atoms with Crippen LogP contribution in [0.5, 0.6) is 5.75 Å². The van der Waals surface area contributed by atoms with E-state index in [1.165, 1.54) is 18.5 Å². The molecule has 0 bridgehead atoms. The molecule has 3 rings (SSSR count). The van der Waals surface area contributed by atoms with E-state index >= 15 is 0 Å². The van der Waals surface area contributed by atoms with Crippen LogP contribution in [0.25, 0.3) is 0 Å². The number of aromatic nitrogens is 1. The number of morpholine rings is 1. The number of hydrogen-bond acceptors (Lipinski definition) is 5. The maximum absolute atomic E-state index is 12.5. The molecule has 1 aromatic rings. The van der Waals surface area contributed by atoms with Crippen molar-refractivity contribution in [2.45, 2.75) is 25.0 Å². The van der Waals surface area contributed by atoms with Crippen LogP contribution in [0.15, 0.2) is 18.5 Å². The fourth-order valence-electron chi connectivity index (χ4n) is 3.16. The molecule has 20 heavy (non-hydrogen) atoms. The molecule has 0 radical (unpaired) electrons. The van der Waals surface area contributed by atoms with Gasteiger partial charge in [-0.2, -0.15) is 0 Å². The minimum absolute atomic E-state index is 0.00937. The predicted octanol–water partition coefficient (Wildman–Crippen LogP) is 0.399. The monoisotopic (exact) mass is 278 g/mol. The van der Waals surface area contributed by atoms with Crippen LogP contribution in [0.4, 0.5) is 0 Å². The summed E-state index contributed by atoms with van der Waals surface area (Å²) < 4.78 is 5.70. The van der Waals surface area contributed by atoms with Crippen LogP contribution in [0.2, 0.25) is 0 Å². The number of ether oxygens (including phenoxy) is 1.